The fourth-order valence-corrected chi connectivity index (χ4v) is 4.33. The second-order valence-electron chi connectivity index (χ2n) is 7.43. The fraction of sp³-hybridized carbons (Fsp3) is 0.208. The maximum atomic E-state index is 10.4. The molecule has 0 aliphatic carbocycles. The first kappa shape index (κ1) is 19.6. The summed E-state index contributed by atoms with van der Waals surface area (Å²) < 4.78 is 17.2. The van der Waals surface area contributed by atoms with Crippen molar-refractivity contribution in [3.05, 3.63) is 82.4 Å². The highest BCUT2D eigenvalue weighted by atomic mass is 35.5. The van der Waals surface area contributed by atoms with Crippen molar-refractivity contribution in [2.24, 2.45) is 5.10 Å². The molecular weight excluding hydrogens is 416 g/mol. The van der Waals surface area contributed by atoms with Crippen LogP contribution in [0.25, 0.3) is 0 Å². The molecule has 0 saturated heterocycles. The van der Waals surface area contributed by atoms with Crippen LogP contribution in [0.1, 0.15) is 35.4 Å². The number of hydrogen-bond donors (Lipinski definition) is 1. The van der Waals surface area contributed by atoms with Crippen molar-refractivity contribution in [1.29, 1.82) is 0 Å². The highest BCUT2D eigenvalue weighted by molar-refractivity contribution is 6.31. The molecule has 0 bridgehead atoms. The van der Waals surface area contributed by atoms with Gasteiger partial charge in [-0.1, -0.05) is 29.8 Å². The van der Waals surface area contributed by atoms with E-state index < -0.39 is 6.23 Å². The van der Waals surface area contributed by atoms with E-state index in [1.54, 1.807) is 32.4 Å². The van der Waals surface area contributed by atoms with Crippen molar-refractivity contribution in [1.82, 2.24) is 5.01 Å². The molecule has 0 aromatic heterocycles. The normalized spacial score (nSPS) is 19.2. The Morgan fingerprint density at radius 1 is 1.03 bits per heavy atom. The number of fused-ring (bicyclic) bond motifs is 3. The third-order valence-corrected chi connectivity index (χ3v) is 5.90. The molecule has 2 aliphatic heterocycles. The summed E-state index contributed by atoms with van der Waals surface area (Å²) in [4.78, 5) is 0. The van der Waals surface area contributed by atoms with Crippen molar-refractivity contribution in [3.8, 4) is 23.0 Å². The van der Waals surface area contributed by atoms with Gasteiger partial charge in [0.2, 0.25) is 6.23 Å². The van der Waals surface area contributed by atoms with Crippen molar-refractivity contribution < 1.29 is 19.3 Å². The first-order valence-electron chi connectivity index (χ1n) is 9.91. The van der Waals surface area contributed by atoms with Crippen LogP contribution >= 0.6 is 11.6 Å². The molecular formula is C24H21ClN2O4. The largest absolute Gasteiger partial charge is 0.507 e. The zero-order valence-electron chi connectivity index (χ0n) is 17.1. The van der Waals surface area contributed by atoms with Gasteiger partial charge in [-0.15, -0.1) is 0 Å². The van der Waals surface area contributed by atoms with Crippen LogP contribution in [0.2, 0.25) is 5.02 Å². The number of benzene rings is 3. The lowest BCUT2D eigenvalue weighted by Gasteiger charge is -2.38. The molecule has 6 nitrogen and oxygen atoms in total. The number of ether oxygens (including phenoxy) is 3. The third-order valence-electron chi connectivity index (χ3n) is 5.66. The number of rotatable bonds is 4. The standard InChI is InChI=1S/C24H21ClN2O4/c1-29-22-10-7-14(11-23(22)30-2)24-27-19(16-5-3-4-6-21(16)31-24)13-18(26-27)17-12-15(25)8-9-20(17)28/h3-12,19,24,28H,13H2,1-2H3/t19-,24+/m0/s1. The van der Waals surface area contributed by atoms with Crippen LogP contribution in [0.3, 0.4) is 0 Å². The van der Waals surface area contributed by atoms with Gasteiger partial charge in [-0.05, 0) is 42.5 Å². The SMILES string of the molecule is COc1ccc([C@H]2Oc3ccccc3[C@@H]3CC(c4cc(Cl)ccc4O)=NN23)cc1OC. The smallest absolute Gasteiger partial charge is 0.214 e. The van der Waals surface area contributed by atoms with E-state index in [0.29, 0.717) is 28.5 Å². The molecule has 0 spiro atoms. The average Bonchev–Trinajstić information content (AvgIpc) is 3.25. The summed E-state index contributed by atoms with van der Waals surface area (Å²) in [6, 6.07) is 18.6. The number of methoxy groups -OCH3 is 2. The highest BCUT2D eigenvalue weighted by Crippen LogP contribution is 2.48. The number of phenolic OH excluding ortho intramolecular Hbond substituents is 1. The topological polar surface area (TPSA) is 63.5 Å². The molecule has 3 aromatic rings. The Balaban J connectivity index is 1.61. The summed E-state index contributed by atoms with van der Waals surface area (Å²) >= 11 is 6.19. The van der Waals surface area contributed by atoms with Crippen LogP contribution in [-0.2, 0) is 0 Å². The maximum absolute atomic E-state index is 10.4. The number of hydrogen-bond acceptors (Lipinski definition) is 6. The molecule has 2 heterocycles. The number of halogens is 1. The second-order valence-corrected chi connectivity index (χ2v) is 7.87. The molecule has 31 heavy (non-hydrogen) atoms. The van der Waals surface area contributed by atoms with Crippen LogP contribution in [0.15, 0.2) is 65.8 Å². The van der Waals surface area contributed by atoms with Gasteiger partial charge in [0.05, 0.1) is 26.0 Å². The Hall–Kier alpha value is -3.38. The highest BCUT2D eigenvalue weighted by Gasteiger charge is 2.41. The summed E-state index contributed by atoms with van der Waals surface area (Å²) in [6.07, 6.45) is 0.163. The van der Waals surface area contributed by atoms with Gasteiger partial charge in [0.1, 0.15) is 11.5 Å². The van der Waals surface area contributed by atoms with Crippen molar-refractivity contribution in [2.75, 3.05) is 14.2 Å². The van der Waals surface area contributed by atoms with Gasteiger partial charge in [-0.3, -0.25) is 0 Å². The summed E-state index contributed by atoms with van der Waals surface area (Å²) in [6.45, 7) is 0. The Morgan fingerprint density at radius 3 is 2.65 bits per heavy atom. The molecule has 0 radical (unpaired) electrons. The minimum Gasteiger partial charge on any atom is -0.507 e. The maximum Gasteiger partial charge on any atom is 0.214 e. The summed E-state index contributed by atoms with van der Waals surface area (Å²) in [7, 11) is 3.21. The van der Waals surface area contributed by atoms with Crippen LogP contribution in [-0.4, -0.2) is 30.0 Å². The Labute approximate surface area is 185 Å². The van der Waals surface area contributed by atoms with Gasteiger partial charge in [0, 0.05) is 28.1 Å². The predicted molar refractivity (Wildman–Crippen MR) is 118 cm³/mol. The lowest BCUT2D eigenvalue weighted by molar-refractivity contribution is -0.0191. The average molecular weight is 437 g/mol. The molecule has 2 atom stereocenters. The van der Waals surface area contributed by atoms with Gasteiger partial charge >= 0.3 is 0 Å². The third kappa shape index (κ3) is 3.33. The van der Waals surface area contributed by atoms with E-state index in [4.69, 9.17) is 30.9 Å². The predicted octanol–water partition coefficient (Wildman–Crippen LogP) is 5.31. The molecule has 7 heteroatoms. The van der Waals surface area contributed by atoms with Gasteiger partial charge in [-0.2, -0.15) is 5.10 Å². The van der Waals surface area contributed by atoms with Crippen molar-refractivity contribution in [2.45, 2.75) is 18.7 Å². The van der Waals surface area contributed by atoms with Gasteiger partial charge < -0.3 is 19.3 Å². The zero-order valence-corrected chi connectivity index (χ0v) is 17.8. The van der Waals surface area contributed by atoms with Crippen LogP contribution in [0.5, 0.6) is 23.0 Å². The first-order valence-corrected chi connectivity index (χ1v) is 10.3. The molecule has 158 valence electrons. The van der Waals surface area contributed by atoms with Gasteiger partial charge in [0.15, 0.2) is 11.5 Å². The molecule has 3 aromatic carbocycles. The van der Waals surface area contributed by atoms with Gasteiger partial charge in [-0.25, -0.2) is 5.01 Å². The van der Waals surface area contributed by atoms with E-state index >= 15 is 0 Å². The monoisotopic (exact) mass is 436 g/mol. The molecule has 2 aliphatic rings. The van der Waals surface area contributed by atoms with Crippen molar-refractivity contribution >= 4 is 17.3 Å². The van der Waals surface area contributed by atoms with Crippen LogP contribution < -0.4 is 14.2 Å². The molecule has 5 rings (SSSR count). The lowest BCUT2D eigenvalue weighted by Crippen LogP contribution is -2.33. The van der Waals surface area contributed by atoms with E-state index in [2.05, 4.69) is 0 Å². The van der Waals surface area contributed by atoms with Crippen LogP contribution in [0.4, 0.5) is 0 Å². The number of aromatic hydroxyl groups is 1. The van der Waals surface area contributed by atoms with E-state index in [0.717, 1.165) is 22.6 Å². The van der Waals surface area contributed by atoms with E-state index in [9.17, 15) is 5.11 Å². The Morgan fingerprint density at radius 2 is 1.84 bits per heavy atom. The van der Waals surface area contributed by atoms with E-state index in [1.165, 1.54) is 0 Å². The molecule has 0 saturated carbocycles. The summed E-state index contributed by atoms with van der Waals surface area (Å²) in [5.74, 6) is 2.23. The second kappa shape index (κ2) is 7.71. The minimum atomic E-state index is -0.460. The number of para-hydroxylation sites is 1. The molecule has 0 amide bonds. The molecule has 0 fully saturated rings. The summed E-state index contributed by atoms with van der Waals surface area (Å²) in [5, 5.41) is 17.8. The molecule has 0 unspecified atom stereocenters. The quantitative estimate of drug-likeness (QED) is 0.600. The first-order chi connectivity index (χ1) is 15.1. The van der Waals surface area contributed by atoms with E-state index in [-0.39, 0.29) is 11.8 Å². The lowest BCUT2D eigenvalue weighted by atomic mass is 9.95. The molecule has 1 N–H and O–H groups in total. The Bertz CT molecular complexity index is 1180. The number of hydrazone groups is 1. The summed E-state index contributed by atoms with van der Waals surface area (Å²) in [5.41, 5.74) is 3.33. The fourth-order valence-electron chi connectivity index (χ4n) is 4.16. The Kier molecular flexibility index (Phi) is 4.87. The van der Waals surface area contributed by atoms with Crippen molar-refractivity contribution in [3.63, 3.8) is 0 Å². The van der Waals surface area contributed by atoms with E-state index in [1.807, 2.05) is 47.5 Å². The number of phenols is 1. The van der Waals surface area contributed by atoms with Crippen LogP contribution in [0, 0.1) is 0 Å². The van der Waals surface area contributed by atoms with Gasteiger partial charge in [0.25, 0.3) is 0 Å². The number of nitrogens with zero attached hydrogens (tertiary/aromatic N) is 2. The zero-order chi connectivity index (χ0) is 21.5. The minimum absolute atomic E-state index is 0.0311.